The molecule has 7 heteroatoms. The minimum Gasteiger partial charge on any atom is -0.389 e. The predicted octanol–water partition coefficient (Wildman–Crippen LogP) is 2.04. The highest BCUT2D eigenvalue weighted by Gasteiger charge is 2.24. The van der Waals surface area contributed by atoms with E-state index in [4.69, 9.17) is 23.2 Å². The standard InChI is InChI=1S/C10H13Cl2NO3S/c1-10(2,14)6-13-17(15,16)9-7(11)4-3-5-8(9)12/h3-5,13-14H,6H2,1-2H3. The van der Waals surface area contributed by atoms with Crippen molar-refractivity contribution in [3.63, 3.8) is 0 Å². The summed E-state index contributed by atoms with van der Waals surface area (Å²) in [6.07, 6.45) is 0. The van der Waals surface area contributed by atoms with E-state index in [0.717, 1.165) is 0 Å². The van der Waals surface area contributed by atoms with Crippen molar-refractivity contribution < 1.29 is 13.5 Å². The van der Waals surface area contributed by atoms with Crippen molar-refractivity contribution >= 4 is 33.2 Å². The molecule has 0 aliphatic carbocycles. The Bertz CT molecular complexity index is 489. The zero-order chi connectivity index (χ0) is 13.3. The molecule has 0 heterocycles. The molecule has 0 spiro atoms. The fourth-order valence-corrected chi connectivity index (χ4v) is 3.43. The topological polar surface area (TPSA) is 66.4 Å². The molecule has 0 amide bonds. The number of halogens is 2. The number of benzene rings is 1. The fraction of sp³-hybridized carbons (Fsp3) is 0.400. The van der Waals surface area contributed by atoms with E-state index in [9.17, 15) is 13.5 Å². The van der Waals surface area contributed by atoms with Gasteiger partial charge in [0.15, 0.2) is 0 Å². The maximum Gasteiger partial charge on any atom is 0.243 e. The minimum absolute atomic E-state index is 0.0424. The number of nitrogens with one attached hydrogen (secondary N) is 1. The molecule has 17 heavy (non-hydrogen) atoms. The molecule has 4 nitrogen and oxygen atoms in total. The summed E-state index contributed by atoms with van der Waals surface area (Å²) in [5.41, 5.74) is -1.15. The molecule has 0 aliphatic rings. The molecule has 0 atom stereocenters. The van der Waals surface area contributed by atoms with Crippen LogP contribution in [-0.2, 0) is 10.0 Å². The molecule has 0 aromatic heterocycles. The van der Waals surface area contributed by atoms with Gasteiger partial charge in [-0.2, -0.15) is 0 Å². The van der Waals surface area contributed by atoms with Crippen molar-refractivity contribution in [1.82, 2.24) is 4.72 Å². The van der Waals surface area contributed by atoms with Gasteiger partial charge < -0.3 is 5.11 Å². The van der Waals surface area contributed by atoms with Gasteiger partial charge in [-0.3, -0.25) is 0 Å². The lowest BCUT2D eigenvalue weighted by molar-refractivity contribution is 0.0857. The van der Waals surface area contributed by atoms with Gasteiger partial charge in [0, 0.05) is 6.54 Å². The molecule has 2 N–H and O–H groups in total. The molecule has 0 unspecified atom stereocenters. The first-order chi connectivity index (χ1) is 7.63. The zero-order valence-corrected chi connectivity index (χ0v) is 11.7. The van der Waals surface area contributed by atoms with Crippen LogP contribution < -0.4 is 4.72 Å². The Labute approximate surface area is 111 Å². The molecule has 0 saturated carbocycles. The summed E-state index contributed by atoms with van der Waals surface area (Å²) in [6, 6.07) is 4.43. The van der Waals surface area contributed by atoms with Gasteiger partial charge in [0.2, 0.25) is 10.0 Å². The summed E-state index contributed by atoms with van der Waals surface area (Å²) in [5.74, 6) is 0. The maximum atomic E-state index is 11.9. The van der Waals surface area contributed by atoms with Crippen LogP contribution in [0.15, 0.2) is 23.1 Å². The predicted molar refractivity (Wildman–Crippen MR) is 67.9 cm³/mol. The van der Waals surface area contributed by atoms with Crippen LogP contribution in [0.2, 0.25) is 10.0 Å². The normalized spacial score (nSPS) is 12.8. The second-order valence-electron chi connectivity index (χ2n) is 4.19. The summed E-state index contributed by atoms with van der Waals surface area (Å²) in [4.78, 5) is -0.174. The van der Waals surface area contributed by atoms with Crippen LogP contribution in [0.1, 0.15) is 13.8 Å². The van der Waals surface area contributed by atoms with E-state index >= 15 is 0 Å². The number of rotatable bonds is 4. The van der Waals surface area contributed by atoms with Gasteiger partial charge >= 0.3 is 0 Å². The summed E-state index contributed by atoms with van der Waals surface area (Å²) in [5, 5.41) is 9.56. The highest BCUT2D eigenvalue weighted by atomic mass is 35.5. The molecule has 1 aromatic carbocycles. The Balaban J connectivity index is 3.06. The molecular weight excluding hydrogens is 285 g/mol. The average molecular weight is 298 g/mol. The van der Waals surface area contributed by atoms with Crippen molar-refractivity contribution in [2.75, 3.05) is 6.54 Å². The molecule has 0 bridgehead atoms. The lowest BCUT2D eigenvalue weighted by Gasteiger charge is -2.18. The quantitative estimate of drug-likeness (QED) is 0.894. The molecule has 0 saturated heterocycles. The Hall–Kier alpha value is -0.330. The molecule has 1 rings (SSSR count). The first-order valence-corrected chi connectivity index (χ1v) is 7.03. The van der Waals surface area contributed by atoms with Crippen molar-refractivity contribution in [3.05, 3.63) is 28.2 Å². The van der Waals surface area contributed by atoms with E-state index in [1.807, 2.05) is 0 Å². The fourth-order valence-electron chi connectivity index (χ4n) is 1.08. The van der Waals surface area contributed by atoms with Gasteiger partial charge in [-0.05, 0) is 26.0 Å². The number of hydrogen-bond donors (Lipinski definition) is 2. The number of aliphatic hydroxyl groups is 1. The van der Waals surface area contributed by atoms with Crippen LogP contribution in [-0.4, -0.2) is 25.7 Å². The summed E-state index contributed by atoms with van der Waals surface area (Å²) >= 11 is 11.6. The van der Waals surface area contributed by atoms with Gasteiger partial charge in [0.25, 0.3) is 0 Å². The third-order valence-electron chi connectivity index (χ3n) is 1.88. The summed E-state index contributed by atoms with van der Waals surface area (Å²) in [6.45, 7) is 2.85. The van der Waals surface area contributed by atoms with E-state index < -0.39 is 15.6 Å². The van der Waals surface area contributed by atoms with Crippen LogP contribution in [0.25, 0.3) is 0 Å². The van der Waals surface area contributed by atoms with E-state index in [-0.39, 0.29) is 21.5 Å². The van der Waals surface area contributed by atoms with Gasteiger partial charge in [-0.25, -0.2) is 13.1 Å². The molecule has 1 aromatic rings. The van der Waals surface area contributed by atoms with Gasteiger partial charge in [-0.1, -0.05) is 29.3 Å². The van der Waals surface area contributed by atoms with Crippen molar-refractivity contribution in [2.45, 2.75) is 24.3 Å². The Morgan fingerprint density at radius 1 is 1.29 bits per heavy atom. The molecule has 0 aliphatic heterocycles. The number of hydrogen-bond acceptors (Lipinski definition) is 3. The molecular formula is C10H13Cl2NO3S. The Morgan fingerprint density at radius 2 is 1.76 bits per heavy atom. The third-order valence-corrected chi connectivity index (χ3v) is 4.24. The molecule has 0 radical (unpaired) electrons. The number of sulfonamides is 1. The van der Waals surface area contributed by atoms with Crippen molar-refractivity contribution in [2.24, 2.45) is 0 Å². The van der Waals surface area contributed by atoms with E-state index in [1.54, 1.807) is 6.07 Å². The van der Waals surface area contributed by atoms with Crippen molar-refractivity contribution in [1.29, 1.82) is 0 Å². The Morgan fingerprint density at radius 3 is 2.18 bits per heavy atom. The van der Waals surface area contributed by atoms with E-state index in [1.165, 1.54) is 26.0 Å². The molecule has 96 valence electrons. The lowest BCUT2D eigenvalue weighted by atomic mass is 10.1. The minimum atomic E-state index is -3.83. The van der Waals surface area contributed by atoms with Gasteiger partial charge in [-0.15, -0.1) is 0 Å². The average Bonchev–Trinajstić information content (AvgIpc) is 2.13. The SMILES string of the molecule is CC(C)(O)CNS(=O)(=O)c1c(Cl)cccc1Cl. The first-order valence-electron chi connectivity index (χ1n) is 4.79. The van der Waals surface area contributed by atoms with E-state index in [0.29, 0.717) is 0 Å². The van der Waals surface area contributed by atoms with Crippen LogP contribution in [0.3, 0.4) is 0 Å². The second-order valence-corrected chi connectivity index (χ2v) is 6.71. The largest absolute Gasteiger partial charge is 0.389 e. The van der Waals surface area contributed by atoms with Gasteiger partial charge in [0.1, 0.15) is 4.90 Å². The molecule has 0 fully saturated rings. The second kappa shape index (κ2) is 5.12. The monoisotopic (exact) mass is 297 g/mol. The maximum absolute atomic E-state index is 11.9. The van der Waals surface area contributed by atoms with Crippen molar-refractivity contribution in [3.8, 4) is 0 Å². The first kappa shape index (κ1) is 14.7. The Kier molecular flexibility index (Phi) is 4.43. The summed E-state index contributed by atoms with van der Waals surface area (Å²) < 4.78 is 26.1. The summed E-state index contributed by atoms with van der Waals surface area (Å²) in [7, 11) is -3.83. The lowest BCUT2D eigenvalue weighted by Crippen LogP contribution is -2.38. The zero-order valence-electron chi connectivity index (χ0n) is 9.37. The van der Waals surface area contributed by atoms with E-state index in [2.05, 4.69) is 4.72 Å². The van der Waals surface area contributed by atoms with Crippen LogP contribution in [0, 0.1) is 0 Å². The smallest absolute Gasteiger partial charge is 0.243 e. The highest BCUT2D eigenvalue weighted by molar-refractivity contribution is 7.89. The van der Waals surface area contributed by atoms with Crippen LogP contribution in [0.5, 0.6) is 0 Å². The van der Waals surface area contributed by atoms with Crippen LogP contribution >= 0.6 is 23.2 Å². The van der Waals surface area contributed by atoms with Gasteiger partial charge in [0.05, 0.1) is 15.6 Å². The highest BCUT2D eigenvalue weighted by Crippen LogP contribution is 2.28. The van der Waals surface area contributed by atoms with Crippen LogP contribution in [0.4, 0.5) is 0 Å². The third kappa shape index (κ3) is 4.12.